The van der Waals surface area contributed by atoms with Gasteiger partial charge in [-0.15, -0.1) is 0 Å². The lowest BCUT2D eigenvalue weighted by Crippen LogP contribution is -2.31. The molecule has 1 atom stereocenters. The minimum absolute atomic E-state index is 0.103. The average molecular weight is 211 g/mol. The van der Waals surface area contributed by atoms with Crippen molar-refractivity contribution in [2.45, 2.75) is 26.5 Å². The molecule has 0 radical (unpaired) electrons. The maximum absolute atomic E-state index is 11.6. The molecule has 5 heteroatoms. The van der Waals surface area contributed by atoms with E-state index in [4.69, 9.17) is 5.11 Å². The summed E-state index contributed by atoms with van der Waals surface area (Å²) in [6.07, 6.45) is -0.689. The van der Waals surface area contributed by atoms with E-state index < -0.39 is 17.6 Å². The lowest BCUT2D eigenvalue weighted by atomic mass is 10.2. The molecule has 0 fully saturated rings. The van der Waals surface area contributed by atoms with E-state index in [1.807, 2.05) is 0 Å². The summed E-state index contributed by atoms with van der Waals surface area (Å²) in [6, 6.07) is 2.83. The highest BCUT2D eigenvalue weighted by molar-refractivity contribution is 5.87. The molecule has 0 saturated heterocycles. The van der Waals surface area contributed by atoms with Gasteiger partial charge in [-0.05, 0) is 26.0 Å². The van der Waals surface area contributed by atoms with Crippen LogP contribution in [0.15, 0.2) is 16.9 Å². The van der Waals surface area contributed by atoms with Crippen molar-refractivity contribution in [1.82, 2.24) is 4.57 Å². The van der Waals surface area contributed by atoms with Crippen LogP contribution in [0.3, 0.4) is 0 Å². The van der Waals surface area contributed by atoms with E-state index in [9.17, 15) is 14.7 Å². The average Bonchev–Trinajstić information content (AvgIpc) is 2.11. The maximum Gasteiger partial charge on any atom is 0.341 e. The van der Waals surface area contributed by atoms with Crippen molar-refractivity contribution in [2.24, 2.45) is 0 Å². The van der Waals surface area contributed by atoms with E-state index in [0.29, 0.717) is 5.69 Å². The fourth-order valence-corrected chi connectivity index (χ4v) is 1.32. The smallest absolute Gasteiger partial charge is 0.341 e. The van der Waals surface area contributed by atoms with E-state index in [0.717, 1.165) is 0 Å². The zero-order valence-electron chi connectivity index (χ0n) is 8.60. The molecule has 2 N–H and O–H groups in total. The molecule has 82 valence electrons. The number of rotatable bonds is 3. The number of pyridine rings is 1. The van der Waals surface area contributed by atoms with Gasteiger partial charge in [-0.2, -0.15) is 0 Å². The lowest BCUT2D eigenvalue weighted by molar-refractivity contribution is 0.0693. The van der Waals surface area contributed by atoms with Crippen LogP contribution in [-0.4, -0.2) is 26.9 Å². The fraction of sp³-hybridized carbons (Fsp3) is 0.400. The summed E-state index contributed by atoms with van der Waals surface area (Å²) in [6.45, 7) is 3.33. The Hall–Kier alpha value is -1.62. The molecule has 15 heavy (non-hydrogen) atoms. The van der Waals surface area contributed by atoms with E-state index >= 15 is 0 Å². The number of aliphatic hydroxyl groups is 1. The van der Waals surface area contributed by atoms with Gasteiger partial charge in [0.05, 0.1) is 12.6 Å². The number of aromatic nitrogens is 1. The molecule has 1 unspecified atom stereocenters. The Bertz CT molecular complexity index is 434. The van der Waals surface area contributed by atoms with Crippen LogP contribution in [0.2, 0.25) is 0 Å². The number of hydrogen-bond acceptors (Lipinski definition) is 3. The van der Waals surface area contributed by atoms with Crippen molar-refractivity contribution in [1.29, 1.82) is 0 Å². The monoisotopic (exact) mass is 211 g/mol. The van der Waals surface area contributed by atoms with Gasteiger partial charge in [0.15, 0.2) is 0 Å². The minimum atomic E-state index is -1.25. The molecule has 1 rings (SSSR count). The Labute approximate surface area is 86.6 Å². The highest BCUT2D eigenvalue weighted by Crippen LogP contribution is 2.00. The van der Waals surface area contributed by atoms with Crippen molar-refractivity contribution in [3.8, 4) is 0 Å². The zero-order valence-corrected chi connectivity index (χ0v) is 8.60. The summed E-state index contributed by atoms with van der Waals surface area (Å²) in [5.74, 6) is -1.25. The van der Waals surface area contributed by atoms with Crippen molar-refractivity contribution < 1.29 is 15.0 Å². The van der Waals surface area contributed by atoms with E-state index in [1.54, 1.807) is 19.9 Å². The second-order valence-electron chi connectivity index (χ2n) is 3.46. The molecular weight excluding hydrogens is 198 g/mol. The summed E-state index contributed by atoms with van der Waals surface area (Å²) in [7, 11) is 0. The van der Waals surface area contributed by atoms with Crippen LogP contribution < -0.4 is 5.56 Å². The van der Waals surface area contributed by atoms with E-state index in [1.165, 1.54) is 10.6 Å². The Morgan fingerprint density at radius 3 is 2.60 bits per heavy atom. The molecular formula is C10H13NO4. The van der Waals surface area contributed by atoms with Crippen molar-refractivity contribution in [3.05, 3.63) is 33.7 Å². The first kappa shape index (κ1) is 11.5. The number of aromatic carboxylic acids is 1. The molecule has 1 aromatic rings. The van der Waals surface area contributed by atoms with Crippen molar-refractivity contribution >= 4 is 5.97 Å². The molecule has 1 aromatic heterocycles. The Balaban J connectivity index is 3.31. The molecule has 5 nitrogen and oxygen atoms in total. The van der Waals surface area contributed by atoms with Crippen LogP contribution in [0.25, 0.3) is 0 Å². The third-order valence-corrected chi connectivity index (χ3v) is 2.07. The normalized spacial score (nSPS) is 12.5. The second kappa shape index (κ2) is 4.27. The van der Waals surface area contributed by atoms with Gasteiger partial charge >= 0.3 is 5.97 Å². The zero-order chi connectivity index (χ0) is 11.6. The fourth-order valence-electron chi connectivity index (χ4n) is 1.32. The summed E-state index contributed by atoms with van der Waals surface area (Å²) >= 11 is 0. The van der Waals surface area contributed by atoms with Crippen LogP contribution in [0, 0.1) is 6.92 Å². The molecule has 0 aliphatic rings. The van der Waals surface area contributed by atoms with Crippen molar-refractivity contribution in [2.75, 3.05) is 0 Å². The molecule has 0 aliphatic carbocycles. The van der Waals surface area contributed by atoms with E-state index in [-0.39, 0.29) is 12.1 Å². The highest BCUT2D eigenvalue weighted by atomic mass is 16.4. The highest BCUT2D eigenvalue weighted by Gasteiger charge is 2.13. The molecule has 0 spiro atoms. The predicted molar refractivity (Wildman–Crippen MR) is 54.1 cm³/mol. The first-order chi connectivity index (χ1) is 6.93. The molecule has 0 aliphatic heterocycles. The van der Waals surface area contributed by atoms with Gasteiger partial charge in [0.1, 0.15) is 5.56 Å². The van der Waals surface area contributed by atoms with Crippen LogP contribution in [0.5, 0.6) is 0 Å². The Kier molecular flexibility index (Phi) is 3.26. The van der Waals surface area contributed by atoms with Gasteiger partial charge < -0.3 is 14.8 Å². The topological polar surface area (TPSA) is 79.5 Å². The SMILES string of the molecule is Cc1ccc(C(=O)O)c(=O)n1CC(C)O. The lowest BCUT2D eigenvalue weighted by Gasteiger charge is -2.12. The summed E-state index contributed by atoms with van der Waals surface area (Å²) in [5.41, 5.74) is -0.226. The third-order valence-electron chi connectivity index (χ3n) is 2.07. The number of aliphatic hydroxyl groups excluding tert-OH is 1. The van der Waals surface area contributed by atoms with Crippen LogP contribution in [0.4, 0.5) is 0 Å². The number of carboxylic acid groups (broad SMARTS) is 1. The second-order valence-corrected chi connectivity index (χ2v) is 3.46. The molecule has 0 amide bonds. The predicted octanol–water partition coefficient (Wildman–Crippen LogP) is 0.236. The van der Waals surface area contributed by atoms with E-state index in [2.05, 4.69) is 0 Å². The third kappa shape index (κ3) is 2.44. The number of nitrogens with zero attached hydrogens (tertiary/aromatic N) is 1. The molecule has 1 heterocycles. The number of hydrogen-bond donors (Lipinski definition) is 2. The summed E-state index contributed by atoms with van der Waals surface area (Å²) in [5, 5.41) is 17.9. The Morgan fingerprint density at radius 2 is 2.13 bits per heavy atom. The number of carbonyl (C=O) groups is 1. The summed E-state index contributed by atoms with van der Waals surface area (Å²) < 4.78 is 1.26. The van der Waals surface area contributed by atoms with Gasteiger partial charge in [-0.3, -0.25) is 4.79 Å². The largest absolute Gasteiger partial charge is 0.477 e. The number of aryl methyl sites for hydroxylation is 1. The van der Waals surface area contributed by atoms with Crippen LogP contribution in [0.1, 0.15) is 23.0 Å². The van der Waals surface area contributed by atoms with Gasteiger partial charge in [0.25, 0.3) is 5.56 Å². The quantitative estimate of drug-likeness (QED) is 0.750. The molecule has 0 aromatic carbocycles. The number of carboxylic acids is 1. The molecule has 0 bridgehead atoms. The van der Waals surface area contributed by atoms with Crippen molar-refractivity contribution in [3.63, 3.8) is 0 Å². The minimum Gasteiger partial charge on any atom is -0.477 e. The van der Waals surface area contributed by atoms with Crippen LogP contribution in [-0.2, 0) is 6.54 Å². The van der Waals surface area contributed by atoms with Gasteiger partial charge in [-0.25, -0.2) is 4.79 Å². The Morgan fingerprint density at radius 1 is 1.53 bits per heavy atom. The maximum atomic E-state index is 11.6. The first-order valence-corrected chi connectivity index (χ1v) is 4.55. The van der Waals surface area contributed by atoms with Crippen LogP contribution >= 0.6 is 0 Å². The standard InChI is InChI=1S/C10H13NO4/c1-6-3-4-8(10(14)15)9(13)11(6)5-7(2)12/h3-4,7,12H,5H2,1-2H3,(H,14,15). The van der Waals surface area contributed by atoms with Gasteiger partial charge in [-0.1, -0.05) is 0 Å². The first-order valence-electron chi connectivity index (χ1n) is 4.55. The van der Waals surface area contributed by atoms with Gasteiger partial charge in [0, 0.05) is 5.69 Å². The summed E-state index contributed by atoms with van der Waals surface area (Å²) in [4.78, 5) is 22.3. The molecule has 0 saturated carbocycles. The van der Waals surface area contributed by atoms with Gasteiger partial charge in [0.2, 0.25) is 0 Å².